The van der Waals surface area contributed by atoms with Gasteiger partial charge in [-0.25, -0.2) is 4.98 Å². The van der Waals surface area contributed by atoms with Crippen LogP contribution in [0.1, 0.15) is 16.1 Å². The Hall–Kier alpha value is -3.87. The van der Waals surface area contributed by atoms with Gasteiger partial charge in [0.15, 0.2) is 0 Å². The van der Waals surface area contributed by atoms with E-state index < -0.39 is 5.91 Å². The van der Waals surface area contributed by atoms with Gasteiger partial charge in [-0.3, -0.25) is 9.78 Å². The van der Waals surface area contributed by atoms with Gasteiger partial charge in [0.1, 0.15) is 5.69 Å². The van der Waals surface area contributed by atoms with Crippen molar-refractivity contribution < 1.29 is 9.21 Å². The first-order chi connectivity index (χ1) is 13.1. The number of carbonyl (C=O) groups is 1. The van der Waals surface area contributed by atoms with Crippen molar-refractivity contribution in [2.45, 2.75) is 6.92 Å². The summed E-state index contributed by atoms with van der Waals surface area (Å²) in [5.41, 5.74) is 9.17. The van der Waals surface area contributed by atoms with Gasteiger partial charge in [0, 0.05) is 16.7 Å². The third-order valence-corrected chi connectivity index (χ3v) is 4.07. The highest BCUT2D eigenvalue weighted by Gasteiger charge is 2.16. The van der Waals surface area contributed by atoms with Crippen LogP contribution in [0.15, 0.2) is 65.2 Å². The largest absolute Gasteiger partial charge is 0.415 e. The van der Waals surface area contributed by atoms with Gasteiger partial charge in [-0.2, -0.15) is 0 Å². The summed E-state index contributed by atoms with van der Waals surface area (Å²) in [6, 6.07) is 16.4. The molecule has 0 aliphatic rings. The normalized spacial score (nSPS) is 10.7. The zero-order chi connectivity index (χ0) is 18.8. The molecular formula is C20H15N5O2. The number of hydrogen-bond donors (Lipinski definition) is 1. The zero-order valence-electron chi connectivity index (χ0n) is 14.5. The average molecular weight is 357 g/mol. The molecule has 0 radical (unpaired) electrons. The van der Waals surface area contributed by atoms with Crippen LogP contribution in [-0.4, -0.2) is 26.1 Å². The summed E-state index contributed by atoms with van der Waals surface area (Å²) in [6.45, 7) is 1.83. The summed E-state index contributed by atoms with van der Waals surface area (Å²) in [5.74, 6) is 0.244. The van der Waals surface area contributed by atoms with Crippen LogP contribution in [0.3, 0.4) is 0 Å². The maximum atomic E-state index is 11.2. The molecule has 2 heterocycles. The second kappa shape index (κ2) is 6.80. The van der Waals surface area contributed by atoms with Gasteiger partial charge in [0.2, 0.25) is 11.8 Å². The Morgan fingerprint density at radius 1 is 0.926 bits per heavy atom. The molecule has 27 heavy (non-hydrogen) atoms. The van der Waals surface area contributed by atoms with E-state index in [1.807, 2.05) is 37.3 Å². The van der Waals surface area contributed by atoms with Crippen LogP contribution in [0.4, 0.5) is 0 Å². The summed E-state index contributed by atoms with van der Waals surface area (Å²) in [4.78, 5) is 20.2. The van der Waals surface area contributed by atoms with E-state index in [2.05, 4.69) is 20.2 Å². The molecule has 132 valence electrons. The van der Waals surface area contributed by atoms with Crippen molar-refractivity contribution in [3.8, 4) is 34.3 Å². The minimum atomic E-state index is -0.475. The van der Waals surface area contributed by atoms with E-state index in [1.54, 1.807) is 30.5 Å². The second-order valence-electron chi connectivity index (χ2n) is 5.91. The lowest BCUT2D eigenvalue weighted by Gasteiger charge is -2.05. The SMILES string of the molecule is Cc1ncc(-c2ccc(C(N)=O)cc2)nc1-c1nnc(-c2ccccc2)o1. The quantitative estimate of drug-likeness (QED) is 0.600. The Kier molecular flexibility index (Phi) is 4.18. The van der Waals surface area contributed by atoms with Crippen LogP contribution in [-0.2, 0) is 0 Å². The second-order valence-corrected chi connectivity index (χ2v) is 5.91. The molecule has 0 bridgehead atoms. The molecule has 0 atom stereocenters. The van der Waals surface area contributed by atoms with Crippen LogP contribution in [0.5, 0.6) is 0 Å². The monoisotopic (exact) mass is 357 g/mol. The Labute approximate surface area is 154 Å². The highest BCUT2D eigenvalue weighted by molar-refractivity contribution is 5.93. The van der Waals surface area contributed by atoms with Crippen LogP contribution in [0.25, 0.3) is 34.3 Å². The molecule has 7 heteroatoms. The molecule has 1 amide bonds. The minimum absolute atomic E-state index is 0.300. The number of aromatic nitrogens is 4. The van der Waals surface area contributed by atoms with Gasteiger partial charge in [0.05, 0.1) is 17.6 Å². The molecule has 4 aromatic rings. The maximum absolute atomic E-state index is 11.2. The first kappa shape index (κ1) is 16.6. The molecule has 4 rings (SSSR count). The fourth-order valence-corrected chi connectivity index (χ4v) is 2.61. The van der Waals surface area contributed by atoms with E-state index in [9.17, 15) is 4.79 Å². The fourth-order valence-electron chi connectivity index (χ4n) is 2.61. The van der Waals surface area contributed by atoms with Crippen molar-refractivity contribution in [2.75, 3.05) is 0 Å². The lowest BCUT2D eigenvalue weighted by molar-refractivity contribution is 0.100. The number of rotatable bonds is 4. The number of aryl methyl sites for hydroxylation is 1. The predicted octanol–water partition coefficient (Wildman–Crippen LogP) is 3.27. The topological polar surface area (TPSA) is 108 Å². The first-order valence-corrected chi connectivity index (χ1v) is 8.25. The molecule has 0 unspecified atom stereocenters. The van der Waals surface area contributed by atoms with E-state index in [0.29, 0.717) is 34.4 Å². The first-order valence-electron chi connectivity index (χ1n) is 8.25. The van der Waals surface area contributed by atoms with Gasteiger partial charge < -0.3 is 10.2 Å². The number of nitrogens with zero attached hydrogens (tertiary/aromatic N) is 4. The third-order valence-electron chi connectivity index (χ3n) is 4.07. The standard InChI is InChI=1S/C20H15N5O2/c1-12-17(20-25-24-19(27-20)15-5-3-2-4-6-15)23-16(11-22-12)13-7-9-14(10-8-13)18(21)26/h2-11H,1H3,(H2,21,26). The number of nitrogens with two attached hydrogens (primary N) is 1. The molecule has 2 aromatic heterocycles. The molecule has 2 aromatic carbocycles. The molecule has 0 spiro atoms. The lowest BCUT2D eigenvalue weighted by atomic mass is 10.1. The van der Waals surface area contributed by atoms with Crippen LogP contribution < -0.4 is 5.73 Å². The van der Waals surface area contributed by atoms with Crippen molar-refractivity contribution in [2.24, 2.45) is 5.73 Å². The number of hydrogen-bond acceptors (Lipinski definition) is 6. The highest BCUT2D eigenvalue weighted by atomic mass is 16.4. The van der Waals surface area contributed by atoms with E-state index in [-0.39, 0.29) is 0 Å². The van der Waals surface area contributed by atoms with Gasteiger partial charge in [0.25, 0.3) is 5.89 Å². The van der Waals surface area contributed by atoms with Crippen LogP contribution in [0, 0.1) is 6.92 Å². The van der Waals surface area contributed by atoms with E-state index in [0.717, 1.165) is 11.1 Å². The molecule has 0 aliphatic heterocycles. The molecule has 0 saturated carbocycles. The van der Waals surface area contributed by atoms with E-state index in [1.165, 1.54) is 0 Å². The molecule has 0 aliphatic carbocycles. The van der Waals surface area contributed by atoms with Crippen molar-refractivity contribution >= 4 is 5.91 Å². The smallest absolute Gasteiger partial charge is 0.268 e. The van der Waals surface area contributed by atoms with Crippen LogP contribution >= 0.6 is 0 Å². The van der Waals surface area contributed by atoms with E-state index in [4.69, 9.17) is 10.2 Å². The zero-order valence-corrected chi connectivity index (χ0v) is 14.5. The number of carbonyl (C=O) groups excluding carboxylic acids is 1. The Bertz CT molecular complexity index is 1100. The summed E-state index contributed by atoms with van der Waals surface area (Å²) >= 11 is 0. The predicted molar refractivity (Wildman–Crippen MR) is 99.5 cm³/mol. The highest BCUT2D eigenvalue weighted by Crippen LogP contribution is 2.26. The summed E-state index contributed by atoms with van der Waals surface area (Å²) in [6.07, 6.45) is 1.66. The van der Waals surface area contributed by atoms with Crippen molar-refractivity contribution in [1.29, 1.82) is 0 Å². The van der Waals surface area contributed by atoms with E-state index >= 15 is 0 Å². The molecule has 0 saturated heterocycles. The summed E-state index contributed by atoms with van der Waals surface area (Å²) < 4.78 is 5.79. The van der Waals surface area contributed by atoms with Crippen molar-refractivity contribution in [1.82, 2.24) is 20.2 Å². The van der Waals surface area contributed by atoms with Gasteiger partial charge in [-0.1, -0.05) is 30.3 Å². The Morgan fingerprint density at radius 2 is 1.63 bits per heavy atom. The third kappa shape index (κ3) is 3.30. The maximum Gasteiger partial charge on any atom is 0.268 e. The average Bonchev–Trinajstić information content (AvgIpc) is 3.19. The minimum Gasteiger partial charge on any atom is -0.415 e. The van der Waals surface area contributed by atoms with Gasteiger partial charge >= 0.3 is 0 Å². The molecule has 0 fully saturated rings. The molecule has 7 nitrogen and oxygen atoms in total. The number of amides is 1. The molecule has 2 N–H and O–H groups in total. The Balaban J connectivity index is 1.71. The van der Waals surface area contributed by atoms with Crippen LogP contribution in [0.2, 0.25) is 0 Å². The molecular weight excluding hydrogens is 342 g/mol. The van der Waals surface area contributed by atoms with Crippen molar-refractivity contribution in [3.05, 3.63) is 72.1 Å². The number of benzene rings is 2. The van der Waals surface area contributed by atoms with Gasteiger partial charge in [-0.05, 0) is 31.2 Å². The lowest BCUT2D eigenvalue weighted by Crippen LogP contribution is -2.10. The summed E-state index contributed by atoms with van der Waals surface area (Å²) in [7, 11) is 0. The number of primary amides is 1. The summed E-state index contributed by atoms with van der Waals surface area (Å²) in [5, 5.41) is 8.22. The fraction of sp³-hybridized carbons (Fsp3) is 0.0500. The van der Waals surface area contributed by atoms with Crippen molar-refractivity contribution in [3.63, 3.8) is 0 Å². The van der Waals surface area contributed by atoms with Gasteiger partial charge in [-0.15, -0.1) is 10.2 Å². The Morgan fingerprint density at radius 3 is 2.33 bits per heavy atom.